The molecule has 180 valence electrons. The van der Waals surface area contributed by atoms with Crippen molar-refractivity contribution in [2.24, 2.45) is 5.92 Å². The molecule has 35 heavy (non-hydrogen) atoms. The molecule has 1 saturated heterocycles. The average molecular weight is 473 g/mol. The van der Waals surface area contributed by atoms with Gasteiger partial charge in [-0.1, -0.05) is 18.2 Å². The van der Waals surface area contributed by atoms with Crippen LogP contribution in [-0.2, 0) is 11.3 Å². The first-order chi connectivity index (χ1) is 17.2. The van der Waals surface area contributed by atoms with Crippen LogP contribution in [0.1, 0.15) is 18.4 Å². The highest BCUT2D eigenvalue weighted by molar-refractivity contribution is 5.79. The molecule has 0 unspecified atom stereocenters. The van der Waals surface area contributed by atoms with E-state index in [9.17, 15) is 4.79 Å². The van der Waals surface area contributed by atoms with Crippen LogP contribution in [0.3, 0.4) is 0 Å². The van der Waals surface area contributed by atoms with E-state index in [1.807, 2.05) is 60.7 Å². The second kappa shape index (κ2) is 10.0. The summed E-state index contributed by atoms with van der Waals surface area (Å²) in [5.41, 5.74) is 2.57. The fourth-order valence-electron chi connectivity index (χ4n) is 4.41. The molecule has 5 rings (SSSR count). The minimum Gasteiger partial charge on any atom is -0.497 e. The average Bonchev–Trinajstić information content (AvgIpc) is 3.35. The number of hydrogen-bond acceptors (Lipinski definition) is 7. The number of amides is 1. The zero-order valence-electron chi connectivity index (χ0n) is 19.8. The number of methoxy groups -OCH3 is 2. The molecule has 0 spiro atoms. The molecule has 9 nitrogen and oxygen atoms in total. The van der Waals surface area contributed by atoms with Gasteiger partial charge in [-0.3, -0.25) is 4.79 Å². The summed E-state index contributed by atoms with van der Waals surface area (Å²) in [6, 6.07) is 19.3. The smallest absolute Gasteiger partial charge is 0.223 e. The Bertz CT molecular complexity index is 1310. The molecule has 0 bridgehead atoms. The number of nitrogens with one attached hydrogen (secondary N) is 1. The Balaban J connectivity index is 1.23. The van der Waals surface area contributed by atoms with Crippen molar-refractivity contribution in [3.8, 4) is 22.9 Å². The van der Waals surface area contributed by atoms with Crippen LogP contribution in [0.15, 0.2) is 60.7 Å². The Labute approximate surface area is 203 Å². The van der Waals surface area contributed by atoms with Gasteiger partial charge in [0.2, 0.25) is 5.91 Å². The summed E-state index contributed by atoms with van der Waals surface area (Å²) in [6.45, 7) is 1.97. The van der Waals surface area contributed by atoms with Crippen LogP contribution in [-0.4, -0.2) is 53.0 Å². The standard InChI is InChI=1S/C26H28N6O3/c1-34-21-9-7-18(8-10-21)25-29-28-23-11-12-24(30-32(23)25)31-15-13-19(14-16-31)26(33)27-17-20-5-3-4-6-22(20)35-2/h3-12,19H,13-17H2,1-2H3,(H,27,33). The minimum atomic E-state index is -0.0190. The van der Waals surface area contributed by atoms with Crippen LogP contribution in [0, 0.1) is 5.92 Å². The number of benzene rings is 2. The first-order valence-electron chi connectivity index (χ1n) is 11.7. The molecule has 4 aromatic rings. The van der Waals surface area contributed by atoms with Crippen LogP contribution in [0.4, 0.5) is 5.82 Å². The summed E-state index contributed by atoms with van der Waals surface area (Å²) in [5.74, 6) is 3.15. The lowest BCUT2D eigenvalue weighted by Gasteiger charge is -2.32. The molecule has 1 aliphatic heterocycles. The van der Waals surface area contributed by atoms with Crippen molar-refractivity contribution in [1.82, 2.24) is 25.1 Å². The number of nitrogens with zero attached hydrogens (tertiary/aromatic N) is 5. The number of para-hydroxylation sites is 1. The lowest BCUT2D eigenvalue weighted by Crippen LogP contribution is -2.40. The summed E-state index contributed by atoms with van der Waals surface area (Å²) >= 11 is 0. The van der Waals surface area contributed by atoms with Gasteiger partial charge in [0.15, 0.2) is 11.5 Å². The summed E-state index contributed by atoms with van der Waals surface area (Å²) in [4.78, 5) is 15.0. The number of carbonyl (C=O) groups is 1. The lowest BCUT2D eigenvalue weighted by molar-refractivity contribution is -0.125. The van der Waals surface area contributed by atoms with Crippen LogP contribution >= 0.6 is 0 Å². The highest BCUT2D eigenvalue weighted by Gasteiger charge is 2.26. The molecule has 0 atom stereocenters. The van der Waals surface area contributed by atoms with E-state index < -0.39 is 0 Å². The van der Waals surface area contributed by atoms with Crippen LogP contribution < -0.4 is 19.7 Å². The SMILES string of the molecule is COc1ccc(-c2nnc3ccc(N4CCC(C(=O)NCc5ccccc5OC)CC4)nn23)cc1. The van der Waals surface area contributed by atoms with E-state index in [-0.39, 0.29) is 11.8 Å². The molecule has 0 aliphatic carbocycles. The third-order valence-corrected chi connectivity index (χ3v) is 6.43. The maximum absolute atomic E-state index is 12.8. The molecule has 2 aromatic heterocycles. The molecule has 9 heteroatoms. The Hall–Kier alpha value is -4.14. The largest absolute Gasteiger partial charge is 0.497 e. The zero-order valence-corrected chi connectivity index (χ0v) is 19.8. The molecule has 1 fully saturated rings. The quantitative estimate of drug-likeness (QED) is 0.441. The summed E-state index contributed by atoms with van der Waals surface area (Å²) in [5, 5.41) is 16.5. The molecule has 3 heterocycles. The summed E-state index contributed by atoms with van der Waals surface area (Å²) < 4.78 is 12.4. The van der Waals surface area contributed by atoms with Crippen molar-refractivity contribution < 1.29 is 14.3 Å². The lowest BCUT2D eigenvalue weighted by atomic mass is 9.96. The van der Waals surface area contributed by atoms with Gasteiger partial charge in [0.05, 0.1) is 14.2 Å². The molecule has 1 N–H and O–H groups in total. The van der Waals surface area contributed by atoms with Crippen molar-refractivity contribution >= 4 is 17.4 Å². The van der Waals surface area contributed by atoms with Gasteiger partial charge in [-0.2, -0.15) is 4.52 Å². The summed E-state index contributed by atoms with van der Waals surface area (Å²) in [6.07, 6.45) is 1.54. The van der Waals surface area contributed by atoms with Gasteiger partial charge in [0, 0.05) is 36.7 Å². The molecule has 0 radical (unpaired) electrons. The van der Waals surface area contributed by atoms with E-state index in [1.54, 1.807) is 18.7 Å². The molecule has 1 aliphatic rings. The number of piperidine rings is 1. The Morgan fingerprint density at radius 1 is 0.971 bits per heavy atom. The fraction of sp³-hybridized carbons (Fsp3) is 0.308. The van der Waals surface area contributed by atoms with E-state index in [2.05, 4.69) is 20.4 Å². The van der Waals surface area contributed by atoms with Gasteiger partial charge >= 0.3 is 0 Å². The van der Waals surface area contributed by atoms with Crippen molar-refractivity contribution in [1.29, 1.82) is 0 Å². The fourth-order valence-corrected chi connectivity index (χ4v) is 4.41. The minimum absolute atomic E-state index is 0.0190. The molecule has 2 aromatic carbocycles. The number of anilines is 1. The van der Waals surface area contributed by atoms with E-state index in [4.69, 9.17) is 14.6 Å². The van der Waals surface area contributed by atoms with Gasteiger partial charge in [-0.05, 0) is 55.3 Å². The van der Waals surface area contributed by atoms with Crippen molar-refractivity contribution in [2.75, 3.05) is 32.2 Å². The molecule has 0 saturated carbocycles. The Kier molecular flexibility index (Phi) is 6.47. The first-order valence-corrected chi connectivity index (χ1v) is 11.7. The Morgan fingerprint density at radius 2 is 1.74 bits per heavy atom. The number of rotatable bonds is 7. The monoisotopic (exact) mass is 472 g/mol. The maximum atomic E-state index is 12.8. The van der Waals surface area contributed by atoms with E-state index in [0.717, 1.165) is 54.4 Å². The third-order valence-electron chi connectivity index (χ3n) is 6.43. The highest BCUT2D eigenvalue weighted by Crippen LogP contribution is 2.25. The second-order valence-corrected chi connectivity index (χ2v) is 8.50. The zero-order chi connectivity index (χ0) is 24.2. The second-order valence-electron chi connectivity index (χ2n) is 8.50. The number of carbonyl (C=O) groups excluding carboxylic acids is 1. The van der Waals surface area contributed by atoms with E-state index in [0.29, 0.717) is 18.0 Å². The normalized spacial score (nSPS) is 14.2. The van der Waals surface area contributed by atoms with Crippen LogP contribution in [0.2, 0.25) is 0 Å². The van der Waals surface area contributed by atoms with E-state index in [1.165, 1.54) is 0 Å². The van der Waals surface area contributed by atoms with Gasteiger partial charge in [0.1, 0.15) is 17.3 Å². The third kappa shape index (κ3) is 4.75. The highest BCUT2D eigenvalue weighted by atomic mass is 16.5. The summed E-state index contributed by atoms with van der Waals surface area (Å²) in [7, 11) is 3.28. The number of fused-ring (bicyclic) bond motifs is 1. The predicted molar refractivity (Wildman–Crippen MR) is 133 cm³/mol. The molecule has 1 amide bonds. The van der Waals surface area contributed by atoms with Crippen molar-refractivity contribution in [3.63, 3.8) is 0 Å². The van der Waals surface area contributed by atoms with Gasteiger partial charge < -0.3 is 19.7 Å². The number of ether oxygens (including phenoxy) is 2. The molecular weight excluding hydrogens is 444 g/mol. The topological polar surface area (TPSA) is 93.9 Å². The predicted octanol–water partition coefficient (Wildman–Crippen LogP) is 3.34. The number of hydrogen-bond donors (Lipinski definition) is 1. The van der Waals surface area contributed by atoms with Crippen molar-refractivity contribution in [3.05, 3.63) is 66.2 Å². The maximum Gasteiger partial charge on any atom is 0.223 e. The van der Waals surface area contributed by atoms with Crippen molar-refractivity contribution in [2.45, 2.75) is 19.4 Å². The first kappa shape index (κ1) is 22.6. The number of aromatic nitrogens is 4. The van der Waals surface area contributed by atoms with Gasteiger partial charge in [-0.15, -0.1) is 15.3 Å². The molecular formula is C26H28N6O3. The van der Waals surface area contributed by atoms with Gasteiger partial charge in [0.25, 0.3) is 0 Å². The Morgan fingerprint density at radius 3 is 2.49 bits per heavy atom. The van der Waals surface area contributed by atoms with Crippen LogP contribution in [0.25, 0.3) is 17.0 Å². The van der Waals surface area contributed by atoms with E-state index >= 15 is 0 Å². The van der Waals surface area contributed by atoms with Crippen LogP contribution in [0.5, 0.6) is 11.5 Å². The van der Waals surface area contributed by atoms with Gasteiger partial charge in [-0.25, -0.2) is 0 Å².